The highest BCUT2D eigenvalue weighted by Crippen LogP contribution is 2.27. The Balaban J connectivity index is 2.13. The molecule has 0 bridgehead atoms. The van der Waals surface area contributed by atoms with Crippen molar-refractivity contribution in [1.29, 1.82) is 0 Å². The number of aromatic amines is 1. The third-order valence-electron chi connectivity index (χ3n) is 3.05. The fraction of sp³-hybridized carbons (Fsp3) is 0.231. The molecule has 0 amide bonds. The van der Waals surface area contributed by atoms with Gasteiger partial charge in [0.25, 0.3) is 0 Å². The van der Waals surface area contributed by atoms with Crippen molar-refractivity contribution >= 4 is 10.9 Å². The quantitative estimate of drug-likeness (QED) is 0.729. The van der Waals surface area contributed by atoms with E-state index < -0.39 is 0 Å². The number of benzene rings is 1. The Hall–Kier alpha value is -2.14. The molecular weight excluding hydrogens is 226 g/mol. The third kappa shape index (κ3) is 1.69. The van der Waals surface area contributed by atoms with E-state index >= 15 is 0 Å². The Morgan fingerprint density at radius 1 is 1.33 bits per heavy atom. The van der Waals surface area contributed by atoms with Crippen molar-refractivity contribution in [2.75, 3.05) is 6.54 Å². The zero-order chi connectivity index (χ0) is 12.5. The van der Waals surface area contributed by atoms with Gasteiger partial charge < -0.3 is 10.3 Å². The van der Waals surface area contributed by atoms with Crippen LogP contribution in [-0.2, 0) is 13.5 Å². The van der Waals surface area contributed by atoms with Crippen LogP contribution in [0.2, 0.25) is 0 Å². The summed E-state index contributed by atoms with van der Waals surface area (Å²) in [4.78, 5) is 4.47. The van der Waals surface area contributed by atoms with E-state index in [1.54, 1.807) is 0 Å². The molecule has 5 nitrogen and oxygen atoms in total. The second kappa shape index (κ2) is 4.27. The molecule has 0 unspecified atom stereocenters. The van der Waals surface area contributed by atoms with Gasteiger partial charge in [-0.05, 0) is 12.6 Å². The van der Waals surface area contributed by atoms with E-state index in [-0.39, 0.29) is 0 Å². The summed E-state index contributed by atoms with van der Waals surface area (Å²) in [6, 6.07) is 8.24. The van der Waals surface area contributed by atoms with Gasteiger partial charge >= 0.3 is 0 Å². The smallest absolute Gasteiger partial charge is 0.183 e. The van der Waals surface area contributed by atoms with Crippen LogP contribution in [0.25, 0.3) is 22.3 Å². The van der Waals surface area contributed by atoms with Crippen LogP contribution >= 0.6 is 0 Å². The number of hydrogen-bond donors (Lipinski definition) is 2. The maximum absolute atomic E-state index is 5.51. The van der Waals surface area contributed by atoms with Crippen molar-refractivity contribution in [3.8, 4) is 11.4 Å². The Bertz CT molecular complexity index is 680. The molecule has 0 atom stereocenters. The van der Waals surface area contributed by atoms with E-state index in [0.29, 0.717) is 6.54 Å². The lowest BCUT2D eigenvalue weighted by Crippen LogP contribution is -2.03. The highest BCUT2D eigenvalue weighted by molar-refractivity contribution is 5.94. The van der Waals surface area contributed by atoms with Crippen molar-refractivity contribution in [3.63, 3.8) is 0 Å². The number of rotatable bonds is 3. The van der Waals surface area contributed by atoms with Gasteiger partial charge in [0.2, 0.25) is 0 Å². The summed E-state index contributed by atoms with van der Waals surface area (Å²) in [6.45, 7) is 0.574. The highest BCUT2D eigenvalue weighted by atomic mass is 15.2. The summed E-state index contributed by atoms with van der Waals surface area (Å²) >= 11 is 0. The highest BCUT2D eigenvalue weighted by Gasteiger charge is 2.12. The minimum atomic E-state index is 0.574. The molecule has 0 spiro atoms. The van der Waals surface area contributed by atoms with Gasteiger partial charge in [0.15, 0.2) is 5.82 Å². The van der Waals surface area contributed by atoms with Crippen LogP contribution in [0, 0.1) is 0 Å². The number of H-pyrrole nitrogens is 1. The van der Waals surface area contributed by atoms with Crippen molar-refractivity contribution in [2.45, 2.75) is 6.42 Å². The first-order valence-corrected chi connectivity index (χ1v) is 5.95. The molecule has 0 aliphatic rings. The molecule has 0 saturated carbocycles. The Morgan fingerprint density at radius 2 is 2.17 bits per heavy atom. The molecule has 0 radical (unpaired) electrons. The van der Waals surface area contributed by atoms with Gasteiger partial charge in [-0.3, -0.25) is 5.10 Å². The van der Waals surface area contributed by atoms with Crippen LogP contribution < -0.4 is 5.73 Å². The zero-order valence-electron chi connectivity index (χ0n) is 10.2. The van der Waals surface area contributed by atoms with Gasteiger partial charge in [-0.2, -0.15) is 5.10 Å². The van der Waals surface area contributed by atoms with Gasteiger partial charge in [0, 0.05) is 36.1 Å². The average Bonchev–Trinajstić information content (AvgIpc) is 2.96. The van der Waals surface area contributed by atoms with E-state index in [0.717, 1.165) is 23.6 Å². The molecule has 0 aliphatic heterocycles. The normalized spacial score (nSPS) is 11.2. The van der Waals surface area contributed by atoms with E-state index in [4.69, 9.17) is 5.73 Å². The summed E-state index contributed by atoms with van der Waals surface area (Å²) < 4.78 is 2.09. The molecule has 2 heterocycles. The van der Waals surface area contributed by atoms with Crippen LogP contribution in [-0.4, -0.2) is 26.3 Å². The predicted molar refractivity (Wildman–Crippen MR) is 71.1 cm³/mol. The maximum Gasteiger partial charge on any atom is 0.183 e. The second-order valence-electron chi connectivity index (χ2n) is 4.32. The fourth-order valence-corrected chi connectivity index (χ4v) is 2.18. The Labute approximate surface area is 105 Å². The molecule has 3 aromatic rings. The predicted octanol–water partition coefficient (Wildman–Crippen LogP) is 1.46. The number of nitrogens with one attached hydrogen (secondary N) is 1. The standard InChI is InChI=1S/C13H15N5/c1-18-8-10(9-4-2-3-5-11(9)18)13-15-12(6-7-14)16-17-13/h2-5,8H,6-7,14H2,1H3,(H,15,16,17). The number of fused-ring (bicyclic) bond motifs is 1. The van der Waals surface area contributed by atoms with E-state index in [1.165, 1.54) is 10.9 Å². The molecule has 3 rings (SSSR count). The van der Waals surface area contributed by atoms with Gasteiger partial charge in [-0.1, -0.05) is 18.2 Å². The minimum absolute atomic E-state index is 0.574. The van der Waals surface area contributed by atoms with Crippen molar-refractivity contribution in [2.24, 2.45) is 12.8 Å². The molecule has 18 heavy (non-hydrogen) atoms. The molecule has 3 N–H and O–H groups in total. The summed E-state index contributed by atoms with van der Waals surface area (Å²) in [6.07, 6.45) is 2.78. The topological polar surface area (TPSA) is 72.5 Å². The van der Waals surface area contributed by atoms with Crippen LogP contribution in [0.4, 0.5) is 0 Å². The summed E-state index contributed by atoms with van der Waals surface area (Å²) in [5, 5.41) is 8.36. The van der Waals surface area contributed by atoms with Crippen molar-refractivity contribution in [3.05, 3.63) is 36.3 Å². The van der Waals surface area contributed by atoms with Crippen LogP contribution in [0.3, 0.4) is 0 Å². The first-order valence-electron chi connectivity index (χ1n) is 5.95. The molecule has 2 aromatic heterocycles. The zero-order valence-corrected chi connectivity index (χ0v) is 10.2. The average molecular weight is 241 g/mol. The van der Waals surface area contributed by atoms with Gasteiger partial charge in [0.1, 0.15) is 5.82 Å². The number of hydrogen-bond acceptors (Lipinski definition) is 3. The Kier molecular flexibility index (Phi) is 2.60. The van der Waals surface area contributed by atoms with Crippen molar-refractivity contribution < 1.29 is 0 Å². The van der Waals surface area contributed by atoms with Gasteiger partial charge in [-0.25, -0.2) is 4.98 Å². The second-order valence-corrected chi connectivity index (χ2v) is 4.32. The molecule has 0 fully saturated rings. The van der Waals surface area contributed by atoms with E-state index in [1.807, 2.05) is 19.2 Å². The molecule has 1 aromatic carbocycles. The van der Waals surface area contributed by atoms with Gasteiger partial charge in [0.05, 0.1) is 0 Å². The first kappa shape index (κ1) is 11.0. The number of aromatic nitrogens is 4. The third-order valence-corrected chi connectivity index (χ3v) is 3.05. The minimum Gasteiger partial charge on any atom is -0.350 e. The van der Waals surface area contributed by atoms with E-state index in [9.17, 15) is 0 Å². The molecule has 0 aliphatic carbocycles. The molecule has 0 saturated heterocycles. The summed E-state index contributed by atoms with van der Waals surface area (Å²) in [7, 11) is 2.03. The molecule has 5 heteroatoms. The van der Waals surface area contributed by atoms with Crippen LogP contribution in [0.1, 0.15) is 5.82 Å². The summed E-state index contributed by atoms with van der Waals surface area (Å²) in [5.41, 5.74) is 7.74. The first-order chi connectivity index (χ1) is 8.79. The number of aryl methyl sites for hydroxylation is 1. The largest absolute Gasteiger partial charge is 0.350 e. The molecular formula is C13H15N5. The number of nitrogens with two attached hydrogens (primary N) is 1. The van der Waals surface area contributed by atoms with Gasteiger partial charge in [-0.15, -0.1) is 0 Å². The monoisotopic (exact) mass is 241 g/mol. The van der Waals surface area contributed by atoms with Crippen LogP contribution in [0.5, 0.6) is 0 Å². The number of para-hydroxylation sites is 1. The lowest BCUT2D eigenvalue weighted by atomic mass is 10.2. The maximum atomic E-state index is 5.51. The SMILES string of the molecule is Cn1cc(-c2n[nH]c(CCN)n2)c2ccccc21. The molecule has 92 valence electrons. The lowest BCUT2D eigenvalue weighted by Gasteiger charge is -1.93. The van der Waals surface area contributed by atoms with Crippen molar-refractivity contribution in [1.82, 2.24) is 19.7 Å². The van der Waals surface area contributed by atoms with Crippen LogP contribution in [0.15, 0.2) is 30.5 Å². The lowest BCUT2D eigenvalue weighted by molar-refractivity contribution is 0.874. The fourth-order valence-electron chi connectivity index (χ4n) is 2.18. The Morgan fingerprint density at radius 3 is 3.00 bits per heavy atom. The summed E-state index contributed by atoms with van der Waals surface area (Å²) in [5.74, 6) is 1.57. The number of nitrogens with zero attached hydrogens (tertiary/aromatic N) is 3. The van der Waals surface area contributed by atoms with E-state index in [2.05, 4.69) is 38.1 Å².